The van der Waals surface area contributed by atoms with Gasteiger partial charge in [-0.25, -0.2) is 0 Å². The van der Waals surface area contributed by atoms with E-state index >= 15 is 0 Å². The molecule has 0 unspecified atom stereocenters. The number of aromatic nitrogens is 3. The van der Waals surface area contributed by atoms with E-state index in [0.717, 1.165) is 42.6 Å². The van der Waals surface area contributed by atoms with Gasteiger partial charge in [0.2, 0.25) is 0 Å². The van der Waals surface area contributed by atoms with Crippen LogP contribution in [-0.4, -0.2) is 27.5 Å². The quantitative estimate of drug-likeness (QED) is 0.658. The Hall–Kier alpha value is -3.02. The minimum absolute atomic E-state index is 0.0417. The van der Waals surface area contributed by atoms with Crippen LogP contribution in [-0.2, 0) is 13.6 Å². The van der Waals surface area contributed by atoms with E-state index < -0.39 is 0 Å². The minimum atomic E-state index is 0.0417. The van der Waals surface area contributed by atoms with Crippen LogP contribution < -0.4 is 15.6 Å². The summed E-state index contributed by atoms with van der Waals surface area (Å²) in [4.78, 5) is 12.9. The Bertz CT molecular complexity index is 1060. The van der Waals surface area contributed by atoms with Gasteiger partial charge in [-0.05, 0) is 62.3 Å². The van der Waals surface area contributed by atoms with E-state index in [9.17, 15) is 4.79 Å². The van der Waals surface area contributed by atoms with Gasteiger partial charge in [0.1, 0.15) is 11.4 Å². The first kappa shape index (κ1) is 20.3. The van der Waals surface area contributed by atoms with Gasteiger partial charge in [-0.15, -0.1) is 0 Å². The number of pyridine rings is 1. The third-order valence-electron chi connectivity index (χ3n) is 6.12. The van der Waals surface area contributed by atoms with E-state index in [0.29, 0.717) is 24.2 Å². The number of nitrogens with zero attached hydrogens (tertiary/aromatic N) is 3. The molecule has 0 bridgehead atoms. The van der Waals surface area contributed by atoms with E-state index in [4.69, 9.17) is 4.74 Å². The summed E-state index contributed by atoms with van der Waals surface area (Å²) in [7, 11) is 3.61. The first-order valence-electron chi connectivity index (χ1n) is 10.7. The van der Waals surface area contributed by atoms with E-state index in [-0.39, 0.29) is 5.56 Å². The number of anilines is 1. The molecule has 30 heavy (non-hydrogen) atoms. The zero-order valence-corrected chi connectivity index (χ0v) is 18.0. The predicted octanol–water partition coefficient (Wildman–Crippen LogP) is 4.42. The maximum Gasteiger partial charge on any atom is 0.273 e. The lowest BCUT2D eigenvalue weighted by atomic mass is 9.81. The van der Waals surface area contributed by atoms with Crippen molar-refractivity contribution in [2.75, 3.05) is 12.4 Å². The van der Waals surface area contributed by atoms with Crippen LogP contribution in [0.25, 0.3) is 11.1 Å². The third kappa shape index (κ3) is 4.27. The molecule has 0 radical (unpaired) electrons. The van der Waals surface area contributed by atoms with Crippen LogP contribution in [0, 0.1) is 0 Å². The fourth-order valence-corrected chi connectivity index (χ4v) is 4.39. The number of hydrogen-bond acceptors (Lipinski definition) is 4. The molecule has 0 amide bonds. The third-order valence-corrected chi connectivity index (χ3v) is 6.12. The normalized spacial score (nSPS) is 18.9. The average molecular weight is 407 g/mol. The molecule has 2 heterocycles. The predicted molar refractivity (Wildman–Crippen MR) is 120 cm³/mol. The summed E-state index contributed by atoms with van der Waals surface area (Å²) in [6.45, 7) is 2.64. The molecule has 2 aromatic heterocycles. The molecule has 0 atom stereocenters. The Morgan fingerprint density at radius 2 is 1.93 bits per heavy atom. The van der Waals surface area contributed by atoms with Crippen molar-refractivity contribution in [3.05, 3.63) is 64.8 Å². The van der Waals surface area contributed by atoms with Crippen LogP contribution in [0.2, 0.25) is 0 Å². The topological polar surface area (TPSA) is 61.1 Å². The van der Waals surface area contributed by atoms with Crippen molar-refractivity contribution in [2.24, 2.45) is 7.05 Å². The molecule has 1 fully saturated rings. The van der Waals surface area contributed by atoms with Gasteiger partial charge in [0.15, 0.2) is 0 Å². The molecule has 0 spiro atoms. The van der Waals surface area contributed by atoms with Crippen LogP contribution in [0.15, 0.2) is 53.7 Å². The summed E-state index contributed by atoms with van der Waals surface area (Å²) in [5, 5.41) is 7.82. The minimum Gasteiger partial charge on any atom is -0.497 e. The molecule has 1 N–H and O–H groups in total. The van der Waals surface area contributed by atoms with Crippen molar-refractivity contribution in [1.29, 1.82) is 0 Å². The van der Waals surface area contributed by atoms with Gasteiger partial charge in [0.25, 0.3) is 5.56 Å². The van der Waals surface area contributed by atoms with Gasteiger partial charge in [0.05, 0.1) is 13.3 Å². The fourth-order valence-electron chi connectivity index (χ4n) is 4.39. The van der Waals surface area contributed by atoms with Crippen molar-refractivity contribution in [3.8, 4) is 16.9 Å². The highest BCUT2D eigenvalue weighted by Gasteiger charge is 2.23. The zero-order valence-electron chi connectivity index (χ0n) is 18.0. The largest absolute Gasteiger partial charge is 0.497 e. The van der Waals surface area contributed by atoms with Crippen LogP contribution in [0.4, 0.5) is 5.69 Å². The van der Waals surface area contributed by atoms with Gasteiger partial charge in [-0.1, -0.05) is 12.1 Å². The Kier molecular flexibility index (Phi) is 5.93. The summed E-state index contributed by atoms with van der Waals surface area (Å²) in [6, 6.07) is 10.7. The highest BCUT2D eigenvalue weighted by Crippen LogP contribution is 2.35. The van der Waals surface area contributed by atoms with E-state index in [2.05, 4.69) is 28.6 Å². The molecule has 1 aromatic carbocycles. The number of rotatable bonds is 6. The lowest BCUT2D eigenvalue weighted by Gasteiger charge is -2.30. The molecule has 6 nitrogen and oxygen atoms in total. The summed E-state index contributed by atoms with van der Waals surface area (Å²) in [6.07, 6.45) is 10.0. The van der Waals surface area contributed by atoms with Crippen LogP contribution in [0.5, 0.6) is 5.75 Å². The maximum atomic E-state index is 12.9. The van der Waals surface area contributed by atoms with E-state index in [1.165, 1.54) is 5.56 Å². The highest BCUT2D eigenvalue weighted by molar-refractivity contribution is 5.65. The first-order valence-corrected chi connectivity index (χ1v) is 10.7. The molecule has 0 saturated heterocycles. The van der Waals surface area contributed by atoms with Gasteiger partial charge in [-0.3, -0.25) is 9.48 Å². The number of benzene rings is 1. The summed E-state index contributed by atoms with van der Waals surface area (Å²) in [5.41, 5.74) is 4.10. The Labute approximate surface area is 177 Å². The van der Waals surface area contributed by atoms with Crippen molar-refractivity contribution >= 4 is 5.69 Å². The van der Waals surface area contributed by atoms with Gasteiger partial charge < -0.3 is 14.6 Å². The van der Waals surface area contributed by atoms with E-state index in [1.807, 2.05) is 44.7 Å². The summed E-state index contributed by atoms with van der Waals surface area (Å²) >= 11 is 0. The zero-order chi connectivity index (χ0) is 21.1. The lowest BCUT2D eigenvalue weighted by Crippen LogP contribution is -2.30. The first-order chi connectivity index (χ1) is 14.6. The molecular weight excluding hydrogens is 376 g/mol. The van der Waals surface area contributed by atoms with Gasteiger partial charge in [0, 0.05) is 43.2 Å². The number of nitrogens with one attached hydrogen (secondary N) is 1. The summed E-state index contributed by atoms with van der Waals surface area (Å²) < 4.78 is 8.93. The van der Waals surface area contributed by atoms with Crippen LogP contribution in [0.1, 0.15) is 44.1 Å². The van der Waals surface area contributed by atoms with Crippen molar-refractivity contribution in [1.82, 2.24) is 14.3 Å². The van der Waals surface area contributed by atoms with Crippen molar-refractivity contribution in [2.45, 2.75) is 51.1 Å². The monoisotopic (exact) mass is 406 g/mol. The van der Waals surface area contributed by atoms with Gasteiger partial charge >= 0.3 is 0 Å². The molecular formula is C24H30N4O2. The molecule has 1 aliphatic rings. The van der Waals surface area contributed by atoms with Crippen LogP contribution in [0.3, 0.4) is 0 Å². The average Bonchev–Trinajstić information content (AvgIpc) is 3.22. The van der Waals surface area contributed by atoms with Gasteiger partial charge in [-0.2, -0.15) is 5.10 Å². The second-order valence-corrected chi connectivity index (χ2v) is 8.11. The standard InChI is InChI=1S/C24H30N4O2/c1-4-28-16-19(20-14-25-27(2)15-20)13-23(24(28)29)26-21-10-8-17(9-11-21)18-6-5-7-22(12-18)30-3/h5-7,12-17,21,26H,4,8-11H2,1-3H3/t17-,21+. The van der Waals surface area contributed by atoms with Crippen molar-refractivity contribution < 1.29 is 4.74 Å². The molecule has 1 aliphatic carbocycles. The summed E-state index contributed by atoms with van der Waals surface area (Å²) in [5.74, 6) is 1.47. The van der Waals surface area contributed by atoms with Crippen LogP contribution >= 0.6 is 0 Å². The maximum absolute atomic E-state index is 12.9. The Morgan fingerprint density at radius 3 is 2.60 bits per heavy atom. The Morgan fingerprint density at radius 1 is 1.13 bits per heavy atom. The fraction of sp³-hybridized carbons (Fsp3) is 0.417. The van der Waals surface area contributed by atoms with E-state index in [1.54, 1.807) is 16.4 Å². The molecule has 0 aliphatic heterocycles. The lowest BCUT2D eigenvalue weighted by molar-refractivity contribution is 0.401. The molecule has 158 valence electrons. The molecule has 3 aromatic rings. The second-order valence-electron chi connectivity index (χ2n) is 8.11. The smallest absolute Gasteiger partial charge is 0.273 e. The second kappa shape index (κ2) is 8.78. The molecule has 1 saturated carbocycles. The SMILES string of the molecule is CCn1cc(-c2cnn(C)c2)cc(N[C@H]2CC[C@@H](c3cccc(OC)c3)CC2)c1=O. The number of aryl methyl sites for hydroxylation is 2. The molecule has 4 rings (SSSR count). The highest BCUT2D eigenvalue weighted by atomic mass is 16.5. The number of hydrogen-bond donors (Lipinski definition) is 1. The number of methoxy groups -OCH3 is 1. The number of ether oxygens (including phenoxy) is 1. The molecule has 6 heteroatoms. The Balaban J connectivity index is 1.49. The van der Waals surface area contributed by atoms with Crippen molar-refractivity contribution in [3.63, 3.8) is 0 Å².